The molecule has 0 aliphatic rings. The lowest BCUT2D eigenvalue weighted by Crippen LogP contribution is -2.46. The van der Waals surface area contributed by atoms with E-state index in [2.05, 4.69) is 11.9 Å². The molecule has 0 aromatic carbocycles. The highest BCUT2D eigenvalue weighted by Crippen LogP contribution is 2.05. The Morgan fingerprint density at radius 2 is 2.06 bits per heavy atom. The van der Waals surface area contributed by atoms with E-state index in [0.717, 1.165) is 0 Å². The van der Waals surface area contributed by atoms with E-state index in [0.29, 0.717) is 6.42 Å². The van der Waals surface area contributed by atoms with E-state index in [-0.39, 0.29) is 30.6 Å². The molecule has 16 heavy (non-hydrogen) atoms. The van der Waals surface area contributed by atoms with Crippen molar-refractivity contribution in [1.29, 1.82) is 0 Å². The third-order valence-electron chi connectivity index (χ3n) is 2.01. The second-order valence-electron chi connectivity index (χ2n) is 3.41. The highest BCUT2D eigenvalue weighted by Gasteiger charge is 2.22. The molecule has 0 aromatic rings. The summed E-state index contributed by atoms with van der Waals surface area (Å²) in [6.45, 7) is 6.43. The minimum atomic E-state index is -0.385. The molecule has 5 nitrogen and oxygen atoms in total. The number of ether oxygens (including phenoxy) is 2. The van der Waals surface area contributed by atoms with Crippen LogP contribution < -0.4 is 5.32 Å². The summed E-state index contributed by atoms with van der Waals surface area (Å²) in [6, 6.07) is -0.357. The van der Waals surface area contributed by atoms with Crippen LogP contribution in [0.25, 0.3) is 0 Å². The SMILES string of the molecule is C=CC[C@H](OC)[C@H](COC(C)=O)NC(C)=O. The van der Waals surface area contributed by atoms with Gasteiger partial charge in [-0.25, -0.2) is 0 Å². The number of hydrogen-bond acceptors (Lipinski definition) is 4. The third-order valence-corrected chi connectivity index (χ3v) is 2.01. The highest BCUT2D eigenvalue weighted by atomic mass is 16.5. The van der Waals surface area contributed by atoms with Crippen molar-refractivity contribution >= 4 is 11.9 Å². The van der Waals surface area contributed by atoms with Gasteiger partial charge in [0.25, 0.3) is 0 Å². The minimum Gasteiger partial charge on any atom is -0.464 e. The van der Waals surface area contributed by atoms with Crippen molar-refractivity contribution in [2.24, 2.45) is 0 Å². The normalized spacial score (nSPS) is 13.7. The van der Waals surface area contributed by atoms with E-state index >= 15 is 0 Å². The summed E-state index contributed by atoms with van der Waals surface area (Å²) < 4.78 is 10.1. The van der Waals surface area contributed by atoms with Crippen LogP contribution >= 0.6 is 0 Å². The van der Waals surface area contributed by atoms with Gasteiger partial charge in [0.1, 0.15) is 6.61 Å². The molecule has 0 spiro atoms. The number of amides is 1. The maximum atomic E-state index is 11.0. The van der Waals surface area contributed by atoms with E-state index in [4.69, 9.17) is 9.47 Å². The lowest BCUT2D eigenvalue weighted by Gasteiger charge is -2.25. The summed E-state index contributed by atoms with van der Waals surface area (Å²) in [5, 5.41) is 2.68. The van der Waals surface area contributed by atoms with Gasteiger partial charge in [-0.15, -0.1) is 6.58 Å². The average Bonchev–Trinajstić information content (AvgIpc) is 2.20. The largest absolute Gasteiger partial charge is 0.464 e. The van der Waals surface area contributed by atoms with Crippen molar-refractivity contribution in [3.8, 4) is 0 Å². The average molecular weight is 229 g/mol. The molecule has 0 aromatic heterocycles. The van der Waals surface area contributed by atoms with Crippen LogP contribution in [0.4, 0.5) is 0 Å². The van der Waals surface area contributed by atoms with Crippen LogP contribution in [-0.2, 0) is 19.1 Å². The quantitative estimate of drug-likeness (QED) is 0.514. The Labute approximate surface area is 95.8 Å². The van der Waals surface area contributed by atoms with Crippen LogP contribution in [0.15, 0.2) is 12.7 Å². The summed E-state index contributed by atoms with van der Waals surface area (Å²) in [5.41, 5.74) is 0. The van der Waals surface area contributed by atoms with Crippen LogP contribution in [0.3, 0.4) is 0 Å². The molecule has 0 rings (SSSR count). The van der Waals surface area contributed by atoms with Crippen LogP contribution in [-0.4, -0.2) is 37.7 Å². The number of hydrogen-bond donors (Lipinski definition) is 1. The first-order valence-corrected chi connectivity index (χ1v) is 5.05. The third kappa shape index (κ3) is 6.19. The molecule has 92 valence electrons. The fourth-order valence-electron chi connectivity index (χ4n) is 1.30. The monoisotopic (exact) mass is 229 g/mol. The molecule has 0 heterocycles. The van der Waals surface area contributed by atoms with Gasteiger partial charge in [-0.3, -0.25) is 9.59 Å². The van der Waals surface area contributed by atoms with Crippen molar-refractivity contribution in [3.05, 3.63) is 12.7 Å². The number of nitrogens with one attached hydrogen (secondary N) is 1. The number of rotatable bonds is 7. The van der Waals surface area contributed by atoms with Crippen LogP contribution in [0.1, 0.15) is 20.3 Å². The van der Waals surface area contributed by atoms with Crippen LogP contribution in [0.2, 0.25) is 0 Å². The molecule has 0 fully saturated rings. The van der Waals surface area contributed by atoms with E-state index in [1.165, 1.54) is 21.0 Å². The Kier molecular flexibility index (Phi) is 7.20. The second kappa shape index (κ2) is 7.87. The van der Waals surface area contributed by atoms with Crippen molar-refractivity contribution in [3.63, 3.8) is 0 Å². The topological polar surface area (TPSA) is 64.6 Å². The summed E-state index contributed by atoms with van der Waals surface area (Å²) in [6.07, 6.45) is 2.01. The number of carbonyl (C=O) groups excluding carboxylic acids is 2. The predicted molar refractivity (Wildman–Crippen MR) is 59.8 cm³/mol. The van der Waals surface area contributed by atoms with Gasteiger partial charge < -0.3 is 14.8 Å². The molecule has 0 aliphatic heterocycles. The van der Waals surface area contributed by atoms with Crippen molar-refractivity contribution in [2.75, 3.05) is 13.7 Å². The lowest BCUT2D eigenvalue weighted by molar-refractivity contribution is -0.143. The second-order valence-corrected chi connectivity index (χ2v) is 3.41. The first-order chi connectivity index (χ1) is 7.51. The molecule has 0 saturated carbocycles. The highest BCUT2D eigenvalue weighted by molar-refractivity contribution is 5.73. The number of methoxy groups -OCH3 is 1. The van der Waals surface area contributed by atoms with Gasteiger partial charge in [-0.2, -0.15) is 0 Å². The van der Waals surface area contributed by atoms with E-state index in [1.54, 1.807) is 6.08 Å². The molecule has 1 N–H and O–H groups in total. The van der Waals surface area contributed by atoms with Crippen molar-refractivity contribution < 1.29 is 19.1 Å². The fourth-order valence-corrected chi connectivity index (χ4v) is 1.30. The Hall–Kier alpha value is -1.36. The van der Waals surface area contributed by atoms with E-state index < -0.39 is 0 Å². The summed E-state index contributed by atoms with van der Waals surface area (Å²) >= 11 is 0. The van der Waals surface area contributed by atoms with E-state index in [9.17, 15) is 9.59 Å². The fraction of sp³-hybridized carbons (Fsp3) is 0.636. The Balaban J connectivity index is 4.41. The van der Waals surface area contributed by atoms with E-state index in [1.807, 2.05) is 0 Å². The maximum absolute atomic E-state index is 11.0. The van der Waals surface area contributed by atoms with Gasteiger partial charge in [0.2, 0.25) is 5.91 Å². The van der Waals surface area contributed by atoms with Gasteiger partial charge in [-0.1, -0.05) is 6.08 Å². The Bertz CT molecular complexity index is 252. The molecule has 2 atom stereocenters. The molecule has 0 unspecified atom stereocenters. The van der Waals surface area contributed by atoms with Gasteiger partial charge in [-0.05, 0) is 6.42 Å². The first kappa shape index (κ1) is 14.6. The summed E-state index contributed by atoms with van der Waals surface area (Å²) in [7, 11) is 1.54. The lowest BCUT2D eigenvalue weighted by atomic mass is 10.1. The Morgan fingerprint density at radius 3 is 2.44 bits per heavy atom. The molecule has 0 saturated heterocycles. The molecule has 0 radical (unpaired) electrons. The van der Waals surface area contributed by atoms with Gasteiger partial charge >= 0.3 is 5.97 Å². The van der Waals surface area contributed by atoms with Gasteiger partial charge in [0.15, 0.2) is 0 Å². The minimum absolute atomic E-state index is 0.0985. The molecule has 0 aliphatic carbocycles. The van der Waals surface area contributed by atoms with Crippen LogP contribution in [0, 0.1) is 0 Å². The standard InChI is InChI=1S/C11H19NO4/c1-5-6-11(15-4)10(12-8(2)13)7-16-9(3)14/h5,10-11H,1,6-7H2,2-4H3,(H,12,13)/t10-,11-/m0/s1. The summed E-state index contributed by atoms with van der Waals surface area (Å²) in [5.74, 6) is -0.577. The molecular weight excluding hydrogens is 210 g/mol. The molecule has 0 bridgehead atoms. The zero-order valence-electron chi connectivity index (χ0n) is 9.99. The van der Waals surface area contributed by atoms with Crippen molar-refractivity contribution in [1.82, 2.24) is 5.32 Å². The predicted octanol–water partition coefficient (Wildman–Crippen LogP) is 0.645. The number of esters is 1. The van der Waals surface area contributed by atoms with Crippen molar-refractivity contribution in [2.45, 2.75) is 32.4 Å². The van der Waals surface area contributed by atoms with Gasteiger partial charge in [0, 0.05) is 21.0 Å². The van der Waals surface area contributed by atoms with Crippen LogP contribution in [0.5, 0.6) is 0 Å². The first-order valence-electron chi connectivity index (χ1n) is 5.05. The zero-order valence-corrected chi connectivity index (χ0v) is 9.99. The Morgan fingerprint density at radius 1 is 1.44 bits per heavy atom. The molecule has 1 amide bonds. The number of carbonyl (C=O) groups is 2. The van der Waals surface area contributed by atoms with Gasteiger partial charge in [0.05, 0.1) is 12.1 Å². The smallest absolute Gasteiger partial charge is 0.302 e. The summed E-state index contributed by atoms with van der Waals surface area (Å²) in [4.78, 5) is 21.7. The zero-order chi connectivity index (χ0) is 12.6. The molecular formula is C11H19NO4. The maximum Gasteiger partial charge on any atom is 0.302 e. The molecule has 5 heteroatoms.